The zero-order valence-corrected chi connectivity index (χ0v) is 17.7. The van der Waals surface area contributed by atoms with Crippen LogP contribution in [0.25, 0.3) is 0 Å². The highest BCUT2D eigenvalue weighted by atomic mass is 79.9. The highest BCUT2D eigenvalue weighted by molar-refractivity contribution is 9.10. The first-order chi connectivity index (χ1) is 13.4. The van der Waals surface area contributed by atoms with E-state index in [0.29, 0.717) is 13.2 Å². The van der Waals surface area contributed by atoms with Crippen LogP contribution in [0.5, 0.6) is 0 Å². The lowest BCUT2D eigenvalue weighted by molar-refractivity contribution is -0.123. The highest BCUT2D eigenvalue weighted by Gasteiger charge is 2.27. The van der Waals surface area contributed by atoms with E-state index in [2.05, 4.69) is 26.0 Å². The second kappa shape index (κ2) is 9.65. The van der Waals surface area contributed by atoms with E-state index in [0.717, 1.165) is 22.9 Å². The number of hydrogen-bond acceptors (Lipinski definition) is 4. The van der Waals surface area contributed by atoms with Crippen molar-refractivity contribution in [1.29, 1.82) is 0 Å². The number of halogens is 1. The Morgan fingerprint density at radius 3 is 2.50 bits per heavy atom. The molecule has 3 rings (SSSR count). The van der Waals surface area contributed by atoms with Gasteiger partial charge in [-0.25, -0.2) is 8.42 Å². The maximum atomic E-state index is 12.8. The highest BCUT2D eigenvalue weighted by Crippen LogP contribution is 2.16. The van der Waals surface area contributed by atoms with Crippen molar-refractivity contribution >= 4 is 31.9 Å². The van der Waals surface area contributed by atoms with E-state index < -0.39 is 16.1 Å². The molecule has 1 fully saturated rings. The SMILES string of the molecule is O=C(NC[C@H]1CCCO1)[C@H](Cc1ccccc1)NS(=O)(=O)c1ccc(Br)cc1. The molecule has 0 aliphatic carbocycles. The van der Waals surface area contributed by atoms with Crippen LogP contribution in [-0.4, -0.2) is 39.6 Å². The number of hydrogen-bond donors (Lipinski definition) is 2. The predicted molar refractivity (Wildman–Crippen MR) is 110 cm³/mol. The van der Waals surface area contributed by atoms with Gasteiger partial charge in [0.05, 0.1) is 11.0 Å². The summed E-state index contributed by atoms with van der Waals surface area (Å²) in [5, 5.41) is 2.83. The average Bonchev–Trinajstić information content (AvgIpc) is 3.20. The van der Waals surface area contributed by atoms with Gasteiger partial charge in [0.1, 0.15) is 6.04 Å². The monoisotopic (exact) mass is 466 g/mol. The third-order valence-electron chi connectivity index (χ3n) is 4.55. The second-order valence-electron chi connectivity index (χ2n) is 6.70. The second-order valence-corrected chi connectivity index (χ2v) is 9.33. The molecule has 6 nitrogen and oxygen atoms in total. The van der Waals surface area contributed by atoms with E-state index in [9.17, 15) is 13.2 Å². The Balaban J connectivity index is 1.74. The molecule has 1 amide bonds. The van der Waals surface area contributed by atoms with Crippen molar-refractivity contribution in [3.8, 4) is 0 Å². The Labute approximate surface area is 173 Å². The van der Waals surface area contributed by atoms with Crippen LogP contribution in [0.3, 0.4) is 0 Å². The third kappa shape index (κ3) is 5.88. The van der Waals surface area contributed by atoms with Crippen molar-refractivity contribution in [2.24, 2.45) is 0 Å². The summed E-state index contributed by atoms with van der Waals surface area (Å²) in [7, 11) is -3.84. The summed E-state index contributed by atoms with van der Waals surface area (Å²) in [6.07, 6.45) is 2.12. The maximum Gasteiger partial charge on any atom is 0.241 e. The van der Waals surface area contributed by atoms with Gasteiger partial charge in [0.2, 0.25) is 15.9 Å². The van der Waals surface area contributed by atoms with Gasteiger partial charge in [0.15, 0.2) is 0 Å². The number of ether oxygens (including phenoxy) is 1. The van der Waals surface area contributed by atoms with Crippen molar-refractivity contribution in [2.45, 2.75) is 36.3 Å². The Kier molecular flexibility index (Phi) is 7.23. The first-order valence-corrected chi connectivity index (χ1v) is 11.4. The van der Waals surface area contributed by atoms with Crippen LogP contribution in [0.4, 0.5) is 0 Å². The minimum absolute atomic E-state index is 0.00981. The number of sulfonamides is 1. The summed E-state index contributed by atoms with van der Waals surface area (Å²) >= 11 is 3.29. The number of carbonyl (C=O) groups excluding carboxylic acids is 1. The molecule has 0 bridgehead atoms. The number of nitrogens with one attached hydrogen (secondary N) is 2. The molecule has 2 aromatic rings. The molecule has 2 N–H and O–H groups in total. The van der Waals surface area contributed by atoms with E-state index in [-0.39, 0.29) is 23.3 Å². The molecule has 2 aromatic carbocycles. The molecule has 8 heteroatoms. The lowest BCUT2D eigenvalue weighted by Crippen LogP contribution is -2.49. The number of benzene rings is 2. The van der Waals surface area contributed by atoms with Gasteiger partial charge in [0, 0.05) is 17.6 Å². The largest absolute Gasteiger partial charge is 0.376 e. The van der Waals surface area contributed by atoms with Crippen LogP contribution in [-0.2, 0) is 26.0 Å². The predicted octanol–water partition coefficient (Wildman–Crippen LogP) is 2.63. The zero-order chi connectivity index (χ0) is 20.0. The van der Waals surface area contributed by atoms with Gasteiger partial charge in [-0.3, -0.25) is 4.79 Å². The molecule has 0 unspecified atom stereocenters. The smallest absolute Gasteiger partial charge is 0.241 e. The number of carbonyl (C=O) groups is 1. The lowest BCUT2D eigenvalue weighted by atomic mass is 10.1. The molecule has 150 valence electrons. The average molecular weight is 467 g/mol. The molecule has 1 saturated heterocycles. The van der Waals surface area contributed by atoms with Gasteiger partial charge in [-0.2, -0.15) is 4.72 Å². The molecule has 0 radical (unpaired) electrons. The van der Waals surface area contributed by atoms with Crippen molar-refractivity contribution in [3.05, 3.63) is 64.6 Å². The van der Waals surface area contributed by atoms with Crippen LogP contribution >= 0.6 is 15.9 Å². The van der Waals surface area contributed by atoms with Crippen LogP contribution in [0, 0.1) is 0 Å². The zero-order valence-electron chi connectivity index (χ0n) is 15.3. The minimum Gasteiger partial charge on any atom is -0.376 e. The third-order valence-corrected chi connectivity index (χ3v) is 6.56. The van der Waals surface area contributed by atoms with Gasteiger partial charge < -0.3 is 10.1 Å². The summed E-state index contributed by atoms with van der Waals surface area (Å²) in [5.74, 6) is -0.361. The van der Waals surface area contributed by atoms with Crippen molar-refractivity contribution in [3.63, 3.8) is 0 Å². The van der Waals surface area contributed by atoms with Crippen molar-refractivity contribution < 1.29 is 17.9 Å². The molecular formula is C20H23BrN2O4S. The first-order valence-electron chi connectivity index (χ1n) is 9.15. The van der Waals surface area contributed by atoms with E-state index in [1.165, 1.54) is 12.1 Å². The molecule has 1 heterocycles. The molecule has 0 aromatic heterocycles. The Morgan fingerprint density at radius 2 is 1.86 bits per heavy atom. The fourth-order valence-corrected chi connectivity index (χ4v) is 4.51. The van der Waals surface area contributed by atoms with Gasteiger partial charge in [0.25, 0.3) is 0 Å². The summed E-state index contributed by atoms with van der Waals surface area (Å²) < 4.78 is 34.4. The number of rotatable bonds is 8. The normalized spacial score (nSPS) is 18.0. The van der Waals surface area contributed by atoms with E-state index in [1.54, 1.807) is 12.1 Å². The number of amides is 1. The summed E-state index contributed by atoms with van der Waals surface area (Å²) in [4.78, 5) is 12.9. The van der Waals surface area contributed by atoms with Crippen molar-refractivity contribution in [1.82, 2.24) is 10.0 Å². The Hall–Kier alpha value is -1.74. The minimum atomic E-state index is -3.84. The maximum absolute atomic E-state index is 12.8. The first kappa shape index (κ1) is 21.0. The van der Waals surface area contributed by atoms with Gasteiger partial charge in [-0.05, 0) is 49.1 Å². The summed E-state index contributed by atoms with van der Waals surface area (Å²) in [6, 6.07) is 14.7. The molecule has 28 heavy (non-hydrogen) atoms. The van der Waals surface area contributed by atoms with Crippen LogP contribution in [0.1, 0.15) is 18.4 Å². The summed E-state index contributed by atoms with van der Waals surface area (Å²) in [6.45, 7) is 1.08. The van der Waals surface area contributed by atoms with E-state index >= 15 is 0 Å². The molecule has 0 spiro atoms. The van der Waals surface area contributed by atoms with Crippen LogP contribution in [0.2, 0.25) is 0 Å². The van der Waals surface area contributed by atoms with Crippen LogP contribution < -0.4 is 10.0 Å². The Bertz CT molecular complexity index is 882. The van der Waals surface area contributed by atoms with Gasteiger partial charge in [-0.1, -0.05) is 46.3 Å². The Morgan fingerprint density at radius 1 is 1.14 bits per heavy atom. The standard InChI is InChI=1S/C20H23BrN2O4S/c21-16-8-10-18(11-9-16)28(25,26)23-19(13-15-5-2-1-3-6-15)20(24)22-14-17-7-4-12-27-17/h1-3,5-6,8-11,17,19,23H,4,7,12-14H2,(H,22,24)/t17-,19+/m1/s1. The van der Waals surface area contributed by atoms with Gasteiger partial charge >= 0.3 is 0 Å². The summed E-state index contributed by atoms with van der Waals surface area (Å²) in [5.41, 5.74) is 0.873. The fraction of sp³-hybridized carbons (Fsp3) is 0.350. The fourth-order valence-electron chi connectivity index (χ4n) is 3.05. The topological polar surface area (TPSA) is 84.5 Å². The van der Waals surface area contributed by atoms with Gasteiger partial charge in [-0.15, -0.1) is 0 Å². The molecule has 2 atom stereocenters. The quantitative estimate of drug-likeness (QED) is 0.626. The molecule has 1 aliphatic rings. The van der Waals surface area contributed by atoms with E-state index in [4.69, 9.17) is 4.74 Å². The molecule has 1 aliphatic heterocycles. The van der Waals surface area contributed by atoms with E-state index in [1.807, 2.05) is 30.3 Å². The molecular weight excluding hydrogens is 444 g/mol. The van der Waals surface area contributed by atoms with Crippen molar-refractivity contribution in [2.75, 3.05) is 13.2 Å². The van der Waals surface area contributed by atoms with Crippen LogP contribution in [0.15, 0.2) is 64.0 Å². The molecule has 0 saturated carbocycles. The lowest BCUT2D eigenvalue weighted by Gasteiger charge is -2.20.